The lowest BCUT2D eigenvalue weighted by Crippen LogP contribution is -2.51. The van der Waals surface area contributed by atoms with Crippen LogP contribution < -0.4 is 6.15 Å². The maximum Gasteiger partial charge on any atom is 0.320 e. The lowest BCUT2D eigenvalue weighted by atomic mass is 10.2. The molecule has 1 heterocycles. The molecule has 1 rings (SSSR count). The quantitative estimate of drug-likeness (QED) is 0.656. The molecule has 0 aromatic rings. The highest BCUT2D eigenvalue weighted by Crippen LogP contribution is 2.10. The Kier molecular flexibility index (Phi) is 4.90. The fourth-order valence-corrected chi connectivity index (χ4v) is 1.46. The second kappa shape index (κ2) is 5.16. The van der Waals surface area contributed by atoms with Gasteiger partial charge in [-0.25, -0.2) is 0 Å². The van der Waals surface area contributed by atoms with E-state index in [1.807, 2.05) is 11.8 Å². The number of carboxylic acids is 1. The van der Waals surface area contributed by atoms with E-state index in [4.69, 9.17) is 9.84 Å². The zero-order chi connectivity index (χ0) is 9.14. The molecule has 1 aliphatic rings. The van der Waals surface area contributed by atoms with Crippen LogP contribution in [0, 0.1) is 0 Å². The number of hydrogen-bond acceptors (Lipinski definition) is 4. The predicted molar refractivity (Wildman–Crippen MR) is 49.1 cm³/mol. The van der Waals surface area contributed by atoms with Crippen LogP contribution in [0.2, 0.25) is 0 Å². The minimum absolute atomic E-state index is 0. The Morgan fingerprint density at radius 3 is 2.77 bits per heavy atom. The van der Waals surface area contributed by atoms with E-state index >= 15 is 0 Å². The van der Waals surface area contributed by atoms with E-state index in [0.717, 1.165) is 0 Å². The van der Waals surface area contributed by atoms with Crippen molar-refractivity contribution < 1.29 is 14.6 Å². The van der Waals surface area contributed by atoms with Gasteiger partial charge in [-0.2, -0.15) is 0 Å². The van der Waals surface area contributed by atoms with E-state index < -0.39 is 12.0 Å². The molecule has 0 saturated carbocycles. The molecule has 4 N–H and O–H groups in total. The first kappa shape index (κ1) is 12.3. The zero-order valence-corrected chi connectivity index (χ0v) is 8.19. The van der Waals surface area contributed by atoms with Crippen molar-refractivity contribution in [3.05, 3.63) is 0 Å². The molecule has 2 unspecified atom stereocenters. The van der Waals surface area contributed by atoms with Crippen LogP contribution >= 0.6 is 0 Å². The summed E-state index contributed by atoms with van der Waals surface area (Å²) in [7, 11) is 0. The summed E-state index contributed by atoms with van der Waals surface area (Å²) in [6.45, 7) is 5.69. The van der Waals surface area contributed by atoms with Gasteiger partial charge in [0.15, 0.2) is 0 Å². The van der Waals surface area contributed by atoms with Gasteiger partial charge in [-0.15, -0.1) is 0 Å². The maximum absolute atomic E-state index is 10.7. The van der Waals surface area contributed by atoms with Gasteiger partial charge in [0.1, 0.15) is 6.04 Å². The summed E-state index contributed by atoms with van der Waals surface area (Å²) in [6.07, 6.45) is 0. The largest absolute Gasteiger partial charge is 0.480 e. The normalized spacial score (nSPS) is 26.2. The average molecular weight is 190 g/mol. The molecule has 0 amide bonds. The first-order valence-corrected chi connectivity index (χ1v) is 4.19. The summed E-state index contributed by atoms with van der Waals surface area (Å²) >= 11 is 0. The van der Waals surface area contributed by atoms with Crippen molar-refractivity contribution in [3.8, 4) is 0 Å². The molecule has 0 aromatic carbocycles. The number of morpholine rings is 1. The van der Waals surface area contributed by atoms with Gasteiger partial charge in [0.05, 0.1) is 13.2 Å². The Balaban J connectivity index is 0.00000144. The van der Waals surface area contributed by atoms with E-state index in [1.54, 1.807) is 6.92 Å². The number of hydrogen-bond donors (Lipinski definition) is 2. The van der Waals surface area contributed by atoms with Gasteiger partial charge in [0.2, 0.25) is 0 Å². The molecular weight excluding hydrogens is 172 g/mol. The molecule has 5 heteroatoms. The molecule has 13 heavy (non-hydrogen) atoms. The number of rotatable bonds is 2. The molecule has 1 saturated heterocycles. The van der Waals surface area contributed by atoms with E-state index in [1.165, 1.54) is 0 Å². The molecule has 0 aliphatic carbocycles. The number of carbonyl (C=O) groups is 1. The summed E-state index contributed by atoms with van der Waals surface area (Å²) in [6, 6.07) is -0.186. The Morgan fingerprint density at radius 1 is 1.69 bits per heavy atom. The van der Waals surface area contributed by atoms with Crippen LogP contribution in [0.3, 0.4) is 0 Å². The zero-order valence-electron chi connectivity index (χ0n) is 8.19. The first-order chi connectivity index (χ1) is 5.63. The minimum atomic E-state index is -0.760. The number of carboxylic acid groups (broad SMARTS) is 1. The smallest absolute Gasteiger partial charge is 0.320 e. The summed E-state index contributed by atoms with van der Waals surface area (Å²) in [4.78, 5) is 12.6. The lowest BCUT2D eigenvalue weighted by molar-refractivity contribution is -0.146. The van der Waals surface area contributed by atoms with Crippen molar-refractivity contribution >= 4 is 5.97 Å². The summed E-state index contributed by atoms with van der Waals surface area (Å²) in [5, 5.41) is 8.77. The number of nitrogens with zero attached hydrogens (tertiary/aromatic N) is 1. The van der Waals surface area contributed by atoms with E-state index in [2.05, 4.69) is 0 Å². The molecular formula is C8H18N2O3. The molecule has 0 radical (unpaired) electrons. The van der Waals surface area contributed by atoms with Crippen molar-refractivity contribution in [2.45, 2.75) is 25.9 Å². The highest BCUT2D eigenvalue weighted by molar-refractivity contribution is 5.72. The molecule has 5 nitrogen and oxygen atoms in total. The molecule has 2 atom stereocenters. The van der Waals surface area contributed by atoms with Crippen LogP contribution in [-0.4, -0.2) is 47.8 Å². The van der Waals surface area contributed by atoms with Crippen molar-refractivity contribution in [1.82, 2.24) is 11.1 Å². The SMILES string of the molecule is CC1COCCN1C(C)C(=O)O.N. The number of aliphatic carboxylic acids is 1. The summed E-state index contributed by atoms with van der Waals surface area (Å²) in [5.74, 6) is -0.760. The van der Waals surface area contributed by atoms with Crippen molar-refractivity contribution in [3.63, 3.8) is 0 Å². The van der Waals surface area contributed by atoms with Crippen molar-refractivity contribution in [2.75, 3.05) is 19.8 Å². The van der Waals surface area contributed by atoms with Gasteiger partial charge >= 0.3 is 5.97 Å². The fourth-order valence-electron chi connectivity index (χ4n) is 1.46. The standard InChI is InChI=1S/C8H15NO3.H3N/c1-6-5-12-4-3-9(6)7(2)8(10)11;/h6-7H,3-5H2,1-2H3,(H,10,11);1H3. The third-order valence-corrected chi connectivity index (χ3v) is 2.27. The fraction of sp³-hybridized carbons (Fsp3) is 0.875. The minimum Gasteiger partial charge on any atom is -0.480 e. The van der Waals surface area contributed by atoms with Crippen LogP contribution in [0.15, 0.2) is 0 Å². The van der Waals surface area contributed by atoms with Gasteiger partial charge in [-0.1, -0.05) is 0 Å². The van der Waals surface area contributed by atoms with Gasteiger partial charge in [-0.05, 0) is 13.8 Å². The van der Waals surface area contributed by atoms with E-state index in [9.17, 15) is 4.79 Å². The average Bonchev–Trinajstić information content (AvgIpc) is 2.04. The molecule has 0 spiro atoms. The van der Waals surface area contributed by atoms with Gasteiger partial charge < -0.3 is 16.0 Å². The monoisotopic (exact) mass is 190 g/mol. The molecule has 1 aliphatic heterocycles. The molecule has 1 fully saturated rings. The Labute approximate surface area is 78.3 Å². The predicted octanol–water partition coefficient (Wildman–Crippen LogP) is 0.342. The summed E-state index contributed by atoms with van der Waals surface area (Å²) in [5.41, 5.74) is 0. The summed E-state index contributed by atoms with van der Waals surface area (Å²) < 4.78 is 5.21. The molecule has 78 valence electrons. The topological polar surface area (TPSA) is 84.8 Å². The van der Waals surface area contributed by atoms with E-state index in [-0.39, 0.29) is 12.2 Å². The third kappa shape index (κ3) is 2.95. The number of ether oxygens (including phenoxy) is 1. The van der Waals surface area contributed by atoms with Gasteiger partial charge in [-0.3, -0.25) is 9.69 Å². The van der Waals surface area contributed by atoms with Gasteiger partial charge in [0.25, 0.3) is 0 Å². The van der Waals surface area contributed by atoms with Crippen LogP contribution in [0.25, 0.3) is 0 Å². The highest BCUT2D eigenvalue weighted by Gasteiger charge is 2.27. The first-order valence-electron chi connectivity index (χ1n) is 4.19. The Morgan fingerprint density at radius 2 is 2.31 bits per heavy atom. The van der Waals surface area contributed by atoms with Crippen LogP contribution in [0.4, 0.5) is 0 Å². The maximum atomic E-state index is 10.7. The highest BCUT2D eigenvalue weighted by atomic mass is 16.5. The third-order valence-electron chi connectivity index (χ3n) is 2.27. The molecule has 0 bridgehead atoms. The molecule has 0 aromatic heterocycles. The van der Waals surface area contributed by atoms with Crippen LogP contribution in [-0.2, 0) is 9.53 Å². The second-order valence-electron chi connectivity index (χ2n) is 3.18. The van der Waals surface area contributed by atoms with Crippen molar-refractivity contribution in [2.24, 2.45) is 0 Å². The van der Waals surface area contributed by atoms with Crippen LogP contribution in [0.5, 0.6) is 0 Å². The van der Waals surface area contributed by atoms with E-state index in [0.29, 0.717) is 19.8 Å². The Bertz CT molecular complexity index is 175. The second-order valence-corrected chi connectivity index (χ2v) is 3.18. The van der Waals surface area contributed by atoms with Crippen LogP contribution in [0.1, 0.15) is 13.8 Å². The lowest BCUT2D eigenvalue weighted by Gasteiger charge is -2.35. The van der Waals surface area contributed by atoms with Crippen molar-refractivity contribution in [1.29, 1.82) is 0 Å². The Hall–Kier alpha value is -0.650. The van der Waals surface area contributed by atoms with Gasteiger partial charge in [0, 0.05) is 12.6 Å².